The molecule has 0 bridgehead atoms. The molecule has 0 N–H and O–H groups in total. The Morgan fingerprint density at radius 3 is 2.68 bits per heavy atom. The van der Waals surface area contributed by atoms with Crippen LogP contribution in [0.25, 0.3) is 0 Å². The number of hydrogen-bond donors (Lipinski definition) is 0. The number of aromatic nitrogens is 1. The van der Waals surface area contributed by atoms with Gasteiger partial charge in [-0.3, -0.25) is 4.98 Å². The molecule has 1 heterocycles. The molecule has 0 spiro atoms. The summed E-state index contributed by atoms with van der Waals surface area (Å²) < 4.78 is 0. The minimum atomic E-state index is 0.694. The summed E-state index contributed by atoms with van der Waals surface area (Å²) in [4.78, 5) is 6.54. The van der Waals surface area contributed by atoms with Crippen LogP contribution in [0.5, 0.6) is 0 Å². The normalized spacial score (nSPS) is 10.0. The van der Waals surface area contributed by atoms with E-state index < -0.39 is 0 Å². The van der Waals surface area contributed by atoms with E-state index >= 15 is 0 Å². The van der Waals surface area contributed by atoms with Crippen LogP contribution in [0.4, 0.5) is 5.69 Å². The first-order valence-electron chi connectivity index (χ1n) is 6.24. The predicted octanol–water partition coefficient (Wildman–Crippen LogP) is 3.21. The SMILES string of the molecule is Cc1ccc(N(C)Cc2cccc(C)n2)c(C#N)c1. The van der Waals surface area contributed by atoms with Gasteiger partial charge in [0.2, 0.25) is 0 Å². The molecule has 2 aromatic rings. The molecule has 0 radical (unpaired) electrons. The van der Waals surface area contributed by atoms with E-state index in [-0.39, 0.29) is 0 Å². The lowest BCUT2D eigenvalue weighted by Crippen LogP contribution is -2.18. The number of pyridine rings is 1. The maximum atomic E-state index is 9.21. The zero-order valence-corrected chi connectivity index (χ0v) is 11.5. The highest BCUT2D eigenvalue weighted by Crippen LogP contribution is 2.21. The van der Waals surface area contributed by atoms with Gasteiger partial charge >= 0.3 is 0 Å². The minimum Gasteiger partial charge on any atom is -0.368 e. The van der Waals surface area contributed by atoms with Crippen LogP contribution in [-0.4, -0.2) is 12.0 Å². The van der Waals surface area contributed by atoms with Gasteiger partial charge in [0.1, 0.15) is 6.07 Å². The zero-order chi connectivity index (χ0) is 13.8. The van der Waals surface area contributed by atoms with Crippen LogP contribution in [-0.2, 0) is 6.54 Å². The van der Waals surface area contributed by atoms with E-state index in [0.717, 1.165) is 22.6 Å². The second kappa shape index (κ2) is 5.53. The highest BCUT2D eigenvalue weighted by atomic mass is 15.1. The molecule has 0 atom stereocenters. The quantitative estimate of drug-likeness (QED) is 0.841. The molecule has 0 aliphatic rings. The fraction of sp³-hybridized carbons (Fsp3) is 0.250. The Kier molecular flexibility index (Phi) is 3.82. The van der Waals surface area contributed by atoms with Crippen molar-refractivity contribution in [3.63, 3.8) is 0 Å². The molecule has 0 saturated heterocycles. The molecule has 3 heteroatoms. The largest absolute Gasteiger partial charge is 0.368 e. The van der Waals surface area contributed by atoms with Crippen LogP contribution in [0.3, 0.4) is 0 Å². The van der Waals surface area contributed by atoms with E-state index in [0.29, 0.717) is 12.1 Å². The van der Waals surface area contributed by atoms with Gasteiger partial charge in [-0.25, -0.2) is 0 Å². The summed E-state index contributed by atoms with van der Waals surface area (Å²) in [5.41, 5.74) is 4.76. The van der Waals surface area contributed by atoms with Crippen molar-refractivity contribution in [2.75, 3.05) is 11.9 Å². The molecule has 0 fully saturated rings. The maximum Gasteiger partial charge on any atom is 0.101 e. The lowest BCUT2D eigenvalue weighted by atomic mass is 10.1. The van der Waals surface area contributed by atoms with Gasteiger partial charge in [-0.2, -0.15) is 5.26 Å². The van der Waals surface area contributed by atoms with Gasteiger partial charge in [0.05, 0.1) is 23.5 Å². The van der Waals surface area contributed by atoms with Crippen molar-refractivity contribution in [1.29, 1.82) is 5.26 Å². The van der Waals surface area contributed by atoms with Crippen molar-refractivity contribution < 1.29 is 0 Å². The monoisotopic (exact) mass is 251 g/mol. The smallest absolute Gasteiger partial charge is 0.101 e. The molecule has 96 valence electrons. The number of benzene rings is 1. The number of aryl methyl sites for hydroxylation is 2. The maximum absolute atomic E-state index is 9.21. The molecule has 2 rings (SSSR count). The Labute approximate surface area is 114 Å². The van der Waals surface area contributed by atoms with E-state index in [1.807, 2.05) is 57.3 Å². The molecule has 0 aliphatic heterocycles. The van der Waals surface area contributed by atoms with Gasteiger partial charge in [0.15, 0.2) is 0 Å². The van der Waals surface area contributed by atoms with E-state index in [1.54, 1.807) is 0 Å². The highest BCUT2D eigenvalue weighted by molar-refractivity contribution is 5.60. The van der Waals surface area contributed by atoms with Crippen molar-refractivity contribution in [1.82, 2.24) is 4.98 Å². The Bertz CT molecular complexity index is 626. The Hall–Kier alpha value is -2.34. The summed E-state index contributed by atoms with van der Waals surface area (Å²) in [7, 11) is 1.98. The van der Waals surface area contributed by atoms with Crippen molar-refractivity contribution in [2.45, 2.75) is 20.4 Å². The van der Waals surface area contributed by atoms with Crippen LogP contribution < -0.4 is 4.90 Å². The van der Waals surface area contributed by atoms with Crippen LogP contribution >= 0.6 is 0 Å². The molecule has 0 unspecified atom stereocenters. The summed E-state index contributed by atoms with van der Waals surface area (Å²) in [6.45, 7) is 4.67. The average Bonchev–Trinajstić information content (AvgIpc) is 2.38. The van der Waals surface area contributed by atoms with E-state index in [4.69, 9.17) is 0 Å². The van der Waals surface area contributed by atoms with Crippen LogP contribution in [0.2, 0.25) is 0 Å². The second-order valence-corrected chi connectivity index (χ2v) is 4.76. The Morgan fingerprint density at radius 2 is 2.00 bits per heavy atom. The summed E-state index contributed by atoms with van der Waals surface area (Å²) in [5.74, 6) is 0. The molecule has 0 aliphatic carbocycles. The molecule has 3 nitrogen and oxygen atoms in total. The Balaban J connectivity index is 2.25. The first-order chi connectivity index (χ1) is 9.10. The first-order valence-corrected chi connectivity index (χ1v) is 6.24. The van der Waals surface area contributed by atoms with Crippen molar-refractivity contribution in [3.8, 4) is 6.07 Å². The molecule has 19 heavy (non-hydrogen) atoms. The summed E-state index contributed by atoms with van der Waals surface area (Å²) in [6.07, 6.45) is 0. The lowest BCUT2D eigenvalue weighted by molar-refractivity contribution is 0.875. The fourth-order valence-electron chi connectivity index (χ4n) is 2.09. The number of hydrogen-bond acceptors (Lipinski definition) is 3. The van der Waals surface area contributed by atoms with Gasteiger partial charge < -0.3 is 4.90 Å². The van der Waals surface area contributed by atoms with Crippen molar-refractivity contribution >= 4 is 5.69 Å². The minimum absolute atomic E-state index is 0.694. The summed E-state index contributed by atoms with van der Waals surface area (Å²) in [6, 6.07) is 14.2. The zero-order valence-electron chi connectivity index (χ0n) is 11.5. The number of nitrogens with zero attached hydrogens (tertiary/aromatic N) is 3. The van der Waals surface area contributed by atoms with E-state index in [9.17, 15) is 5.26 Å². The van der Waals surface area contributed by atoms with E-state index in [2.05, 4.69) is 16.0 Å². The van der Waals surface area contributed by atoms with Crippen LogP contribution in [0.1, 0.15) is 22.5 Å². The topological polar surface area (TPSA) is 39.9 Å². The predicted molar refractivity (Wildman–Crippen MR) is 77.0 cm³/mol. The van der Waals surface area contributed by atoms with Gasteiger partial charge in [-0.15, -0.1) is 0 Å². The average molecular weight is 251 g/mol. The third kappa shape index (κ3) is 3.11. The lowest BCUT2D eigenvalue weighted by Gasteiger charge is -2.20. The molecular formula is C16H17N3. The second-order valence-electron chi connectivity index (χ2n) is 4.76. The van der Waals surface area contributed by atoms with Gasteiger partial charge in [-0.05, 0) is 43.7 Å². The third-order valence-electron chi connectivity index (χ3n) is 3.03. The molecular weight excluding hydrogens is 234 g/mol. The first kappa shape index (κ1) is 13.1. The summed E-state index contributed by atoms with van der Waals surface area (Å²) in [5, 5.41) is 9.21. The molecule has 1 aromatic heterocycles. The number of anilines is 1. The third-order valence-corrected chi connectivity index (χ3v) is 3.03. The molecule has 0 saturated carbocycles. The standard InChI is InChI=1S/C16H17N3/c1-12-7-8-16(14(9-12)10-17)19(3)11-15-6-4-5-13(2)18-15/h4-9H,11H2,1-3H3. The van der Waals surface area contributed by atoms with Crippen LogP contribution in [0, 0.1) is 25.2 Å². The van der Waals surface area contributed by atoms with Gasteiger partial charge in [-0.1, -0.05) is 12.1 Å². The van der Waals surface area contributed by atoms with Gasteiger partial charge in [0, 0.05) is 12.7 Å². The summed E-state index contributed by atoms with van der Waals surface area (Å²) >= 11 is 0. The Morgan fingerprint density at radius 1 is 1.21 bits per heavy atom. The van der Waals surface area contributed by atoms with Gasteiger partial charge in [0.25, 0.3) is 0 Å². The number of nitriles is 1. The molecule has 0 amide bonds. The number of rotatable bonds is 3. The fourth-order valence-corrected chi connectivity index (χ4v) is 2.09. The van der Waals surface area contributed by atoms with E-state index in [1.165, 1.54) is 0 Å². The van der Waals surface area contributed by atoms with Crippen molar-refractivity contribution in [2.24, 2.45) is 0 Å². The molecule has 1 aromatic carbocycles. The highest BCUT2D eigenvalue weighted by Gasteiger charge is 2.08. The van der Waals surface area contributed by atoms with Crippen molar-refractivity contribution in [3.05, 3.63) is 58.9 Å². The van der Waals surface area contributed by atoms with Crippen LogP contribution in [0.15, 0.2) is 36.4 Å².